The van der Waals surface area contributed by atoms with Gasteiger partial charge in [-0.1, -0.05) is 12.1 Å². The number of carbonyl (C=O) groups is 2. The van der Waals surface area contributed by atoms with Crippen LogP contribution in [0.5, 0.6) is 0 Å². The van der Waals surface area contributed by atoms with E-state index in [1.165, 1.54) is 6.07 Å². The van der Waals surface area contributed by atoms with Gasteiger partial charge in [-0.15, -0.1) is 0 Å². The lowest BCUT2D eigenvalue weighted by Gasteiger charge is -2.05. The summed E-state index contributed by atoms with van der Waals surface area (Å²) in [6.45, 7) is 1.81. The van der Waals surface area contributed by atoms with Gasteiger partial charge in [0, 0.05) is 13.0 Å². The molecule has 4 nitrogen and oxygen atoms in total. The summed E-state index contributed by atoms with van der Waals surface area (Å²) in [5.41, 5.74) is 1.45. The van der Waals surface area contributed by atoms with Gasteiger partial charge in [0.25, 0.3) is 0 Å². The molecule has 0 radical (unpaired) electrons. The van der Waals surface area contributed by atoms with Gasteiger partial charge in [0.2, 0.25) is 5.91 Å². The lowest BCUT2D eigenvalue weighted by atomic mass is 10.1. The maximum absolute atomic E-state index is 13.0. The first-order valence-corrected chi connectivity index (χ1v) is 5.72. The summed E-state index contributed by atoms with van der Waals surface area (Å²) in [5.74, 6) is -1.40. The van der Waals surface area contributed by atoms with Crippen molar-refractivity contribution >= 4 is 11.9 Å². The van der Waals surface area contributed by atoms with Crippen LogP contribution in [0.1, 0.15) is 24.0 Å². The zero-order valence-electron chi connectivity index (χ0n) is 10.2. The largest absolute Gasteiger partial charge is 0.481 e. The average molecular weight is 253 g/mol. The van der Waals surface area contributed by atoms with E-state index in [4.69, 9.17) is 5.11 Å². The Bertz CT molecular complexity index is 446. The topological polar surface area (TPSA) is 66.4 Å². The molecule has 0 aliphatic heterocycles. The van der Waals surface area contributed by atoms with E-state index in [-0.39, 0.29) is 31.1 Å². The lowest BCUT2D eigenvalue weighted by Crippen LogP contribution is -2.26. The number of aliphatic carboxylic acids is 1. The molecule has 5 heteroatoms. The van der Waals surface area contributed by atoms with Crippen LogP contribution in [0.15, 0.2) is 18.2 Å². The molecule has 0 aromatic heterocycles. The average Bonchev–Trinajstić information content (AvgIpc) is 2.30. The van der Waals surface area contributed by atoms with Crippen LogP contribution in [0.2, 0.25) is 0 Å². The highest BCUT2D eigenvalue weighted by molar-refractivity contribution is 5.77. The van der Waals surface area contributed by atoms with Gasteiger partial charge in [-0.25, -0.2) is 4.39 Å². The normalized spacial score (nSPS) is 10.1. The van der Waals surface area contributed by atoms with Crippen LogP contribution in [0.25, 0.3) is 0 Å². The van der Waals surface area contributed by atoms with Crippen LogP contribution in [0.3, 0.4) is 0 Å². The van der Waals surface area contributed by atoms with Crippen molar-refractivity contribution < 1.29 is 19.1 Å². The standard InChI is InChI=1S/C13H16FNO3/c1-9-8-10(2-4-11(9)14)3-5-12(16)15-7-6-13(17)18/h2,4,8H,3,5-7H2,1H3,(H,15,16)(H,17,18). The van der Waals surface area contributed by atoms with Crippen molar-refractivity contribution in [3.63, 3.8) is 0 Å². The minimum absolute atomic E-state index is 0.0819. The van der Waals surface area contributed by atoms with Crippen LogP contribution in [-0.4, -0.2) is 23.5 Å². The molecule has 0 spiro atoms. The van der Waals surface area contributed by atoms with Crippen LogP contribution in [-0.2, 0) is 16.0 Å². The summed E-state index contributed by atoms with van der Waals surface area (Å²) >= 11 is 0. The molecule has 0 saturated carbocycles. The molecule has 98 valence electrons. The van der Waals surface area contributed by atoms with Gasteiger partial charge in [-0.3, -0.25) is 9.59 Å². The predicted molar refractivity (Wildman–Crippen MR) is 64.7 cm³/mol. The van der Waals surface area contributed by atoms with E-state index in [1.807, 2.05) is 0 Å². The van der Waals surface area contributed by atoms with Crippen LogP contribution >= 0.6 is 0 Å². The van der Waals surface area contributed by atoms with Crippen molar-refractivity contribution in [1.29, 1.82) is 0 Å². The Morgan fingerprint density at radius 2 is 2.06 bits per heavy atom. The fourth-order valence-electron chi connectivity index (χ4n) is 1.52. The summed E-state index contributed by atoms with van der Waals surface area (Å²) in [7, 11) is 0. The number of aryl methyl sites for hydroxylation is 2. The van der Waals surface area contributed by atoms with E-state index >= 15 is 0 Å². The molecule has 0 unspecified atom stereocenters. The Morgan fingerprint density at radius 3 is 2.67 bits per heavy atom. The Labute approximate surface area is 105 Å². The maximum Gasteiger partial charge on any atom is 0.305 e. The van der Waals surface area contributed by atoms with Crippen LogP contribution in [0, 0.1) is 12.7 Å². The second kappa shape index (κ2) is 6.74. The number of benzene rings is 1. The molecule has 1 aromatic carbocycles. The number of halogens is 1. The number of amides is 1. The molecule has 1 aromatic rings. The molecule has 0 heterocycles. The number of nitrogens with one attached hydrogen (secondary N) is 1. The van der Waals surface area contributed by atoms with Gasteiger partial charge in [0.1, 0.15) is 5.82 Å². The summed E-state index contributed by atoms with van der Waals surface area (Å²) in [6, 6.07) is 4.74. The third-order valence-electron chi connectivity index (χ3n) is 2.52. The van der Waals surface area contributed by atoms with E-state index in [0.29, 0.717) is 12.0 Å². The SMILES string of the molecule is Cc1cc(CCC(=O)NCCC(=O)O)ccc1F. The van der Waals surface area contributed by atoms with Crippen molar-refractivity contribution in [2.75, 3.05) is 6.54 Å². The highest BCUT2D eigenvalue weighted by atomic mass is 19.1. The zero-order chi connectivity index (χ0) is 13.5. The van der Waals surface area contributed by atoms with Crippen molar-refractivity contribution in [3.05, 3.63) is 35.1 Å². The Balaban J connectivity index is 2.33. The lowest BCUT2D eigenvalue weighted by molar-refractivity contribution is -0.136. The number of hydrogen-bond donors (Lipinski definition) is 2. The monoisotopic (exact) mass is 253 g/mol. The maximum atomic E-state index is 13.0. The summed E-state index contributed by atoms with van der Waals surface area (Å²) in [5, 5.41) is 10.9. The van der Waals surface area contributed by atoms with E-state index < -0.39 is 5.97 Å². The molecular weight excluding hydrogens is 237 g/mol. The van der Waals surface area contributed by atoms with E-state index in [1.54, 1.807) is 19.1 Å². The molecule has 0 saturated heterocycles. The molecule has 0 fully saturated rings. The van der Waals surface area contributed by atoms with Crippen LogP contribution in [0.4, 0.5) is 4.39 Å². The molecule has 1 rings (SSSR count). The number of carbonyl (C=O) groups excluding carboxylic acids is 1. The number of rotatable bonds is 6. The number of hydrogen-bond acceptors (Lipinski definition) is 2. The van der Waals surface area contributed by atoms with Gasteiger partial charge >= 0.3 is 5.97 Å². The molecule has 18 heavy (non-hydrogen) atoms. The fourth-order valence-corrected chi connectivity index (χ4v) is 1.52. The first kappa shape index (κ1) is 14.2. The third kappa shape index (κ3) is 4.95. The second-order valence-corrected chi connectivity index (χ2v) is 4.08. The first-order valence-electron chi connectivity index (χ1n) is 5.72. The van der Waals surface area contributed by atoms with Gasteiger partial charge < -0.3 is 10.4 Å². The zero-order valence-corrected chi connectivity index (χ0v) is 10.2. The van der Waals surface area contributed by atoms with Gasteiger partial charge in [-0.2, -0.15) is 0 Å². The minimum atomic E-state index is -0.940. The second-order valence-electron chi connectivity index (χ2n) is 4.08. The number of carboxylic acids is 1. The van der Waals surface area contributed by atoms with Crippen molar-refractivity contribution in [2.24, 2.45) is 0 Å². The molecule has 0 atom stereocenters. The third-order valence-corrected chi connectivity index (χ3v) is 2.52. The Morgan fingerprint density at radius 1 is 1.33 bits per heavy atom. The van der Waals surface area contributed by atoms with E-state index in [9.17, 15) is 14.0 Å². The molecule has 1 amide bonds. The highest BCUT2D eigenvalue weighted by Crippen LogP contribution is 2.10. The number of carboxylic acid groups (broad SMARTS) is 1. The smallest absolute Gasteiger partial charge is 0.305 e. The quantitative estimate of drug-likeness (QED) is 0.810. The van der Waals surface area contributed by atoms with Gasteiger partial charge in [0.15, 0.2) is 0 Å². The van der Waals surface area contributed by atoms with Crippen LogP contribution < -0.4 is 5.32 Å². The first-order chi connectivity index (χ1) is 8.49. The molecule has 2 N–H and O–H groups in total. The Kier molecular flexibility index (Phi) is 5.30. The summed E-state index contributed by atoms with van der Waals surface area (Å²) in [4.78, 5) is 21.6. The highest BCUT2D eigenvalue weighted by Gasteiger charge is 2.04. The molecule has 0 aliphatic carbocycles. The molecule has 0 aliphatic rings. The predicted octanol–water partition coefficient (Wildman–Crippen LogP) is 1.66. The molecular formula is C13H16FNO3. The van der Waals surface area contributed by atoms with Crippen molar-refractivity contribution in [3.8, 4) is 0 Å². The summed E-state index contributed by atoms with van der Waals surface area (Å²) in [6.07, 6.45) is 0.701. The van der Waals surface area contributed by atoms with Gasteiger partial charge in [0.05, 0.1) is 6.42 Å². The van der Waals surface area contributed by atoms with Crippen molar-refractivity contribution in [1.82, 2.24) is 5.32 Å². The summed E-state index contributed by atoms with van der Waals surface area (Å²) < 4.78 is 13.0. The van der Waals surface area contributed by atoms with E-state index in [2.05, 4.69) is 5.32 Å². The fraction of sp³-hybridized carbons (Fsp3) is 0.385. The minimum Gasteiger partial charge on any atom is -0.481 e. The van der Waals surface area contributed by atoms with E-state index in [0.717, 1.165) is 5.56 Å². The van der Waals surface area contributed by atoms with Crippen molar-refractivity contribution in [2.45, 2.75) is 26.2 Å². The Hall–Kier alpha value is -1.91. The molecule has 0 bridgehead atoms. The van der Waals surface area contributed by atoms with Gasteiger partial charge in [-0.05, 0) is 30.5 Å².